The Kier molecular flexibility index (Phi) is 10.9. The van der Waals surface area contributed by atoms with Crippen LogP contribution in [0, 0.1) is 5.92 Å². The van der Waals surface area contributed by atoms with Gasteiger partial charge < -0.3 is 11.5 Å². The molecule has 0 rings (SSSR count). The van der Waals surface area contributed by atoms with E-state index in [0.29, 0.717) is 0 Å². The monoisotopic (exact) mass is 200 g/mol. The Bertz CT molecular complexity index is 104. The third-order valence-corrected chi connectivity index (χ3v) is 2.86. The van der Waals surface area contributed by atoms with Gasteiger partial charge in [0.2, 0.25) is 0 Å². The smallest absolute Gasteiger partial charge is 0.00746 e. The van der Waals surface area contributed by atoms with Crippen molar-refractivity contribution in [2.45, 2.75) is 58.3 Å². The highest BCUT2D eigenvalue weighted by atomic mass is 14.5. The van der Waals surface area contributed by atoms with E-state index in [0.717, 1.165) is 19.0 Å². The Hall–Kier alpha value is -0.0800. The summed E-state index contributed by atoms with van der Waals surface area (Å²) in [6, 6.07) is 0. The summed E-state index contributed by atoms with van der Waals surface area (Å²) in [6.45, 7) is 3.95. The summed E-state index contributed by atoms with van der Waals surface area (Å²) in [4.78, 5) is 0. The topological polar surface area (TPSA) is 52.0 Å². The van der Waals surface area contributed by atoms with Crippen molar-refractivity contribution >= 4 is 0 Å². The highest BCUT2D eigenvalue weighted by Gasteiger charge is 2.06. The van der Waals surface area contributed by atoms with Crippen LogP contribution in [0.1, 0.15) is 58.3 Å². The van der Waals surface area contributed by atoms with Crippen molar-refractivity contribution in [1.82, 2.24) is 0 Å². The van der Waals surface area contributed by atoms with Crippen molar-refractivity contribution in [3.63, 3.8) is 0 Å². The van der Waals surface area contributed by atoms with E-state index in [1.807, 2.05) is 0 Å². The fraction of sp³-hybridized carbons (Fsp3) is 1.00. The van der Waals surface area contributed by atoms with Gasteiger partial charge in [-0.25, -0.2) is 0 Å². The minimum Gasteiger partial charge on any atom is -0.330 e. The van der Waals surface area contributed by atoms with Crippen LogP contribution in [-0.4, -0.2) is 13.1 Å². The minimum atomic E-state index is 0.844. The largest absolute Gasteiger partial charge is 0.330 e. The van der Waals surface area contributed by atoms with Gasteiger partial charge in [-0.05, 0) is 31.8 Å². The highest BCUT2D eigenvalue weighted by Crippen LogP contribution is 2.19. The molecule has 0 fully saturated rings. The number of hydrogen-bond acceptors (Lipinski definition) is 2. The first-order chi connectivity index (χ1) is 6.85. The van der Waals surface area contributed by atoms with Crippen LogP contribution in [0.5, 0.6) is 0 Å². The molecule has 0 aromatic heterocycles. The van der Waals surface area contributed by atoms with Crippen LogP contribution < -0.4 is 11.5 Å². The fourth-order valence-corrected chi connectivity index (χ4v) is 1.92. The molecule has 0 bridgehead atoms. The van der Waals surface area contributed by atoms with Crippen molar-refractivity contribution in [3.8, 4) is 0 Å². The molecule has 0 aromatic rings. The van der Waals surface area contributed by atoms with Gasteiger partial charge in [-0.2, -0.15) is 0 Å². The zero-order valence-electron chi connectivity index (χ0n) is 9.80. The maximum Gasteiger partial charge on any atom is -0.00746 e. The zero-order valence-corrected chi connectivity index (χ0v) is 9.80. The molecule has 0 aliphatic rings. The van der Waals surface area contributed by atoms with Crippen molar-refractivity contribution in [3.05, 3.63) is 0 Å². The lowest BCUT2D eigenvalue weighted by Crippen LogP contribution is -2.09. The van der Waals surface area contributed by atoms with E-state index < -0.39 is 0 Å². The molecule has 0 radical (unpaired) electrons. The van der Waals surface area contributed by atoms with Crippen molar-refractivity contribution in [2.75, 3.05) is 13.1 Å². The molecule has 14 heavy (non-hydrogen) atoms. The van der Waals surface area contributed by atoms with Crippen LogP contribution in [0.15, 0.2) is 0 Å². The Labute approximate surface area is 89.4 Å². The summed E-state index contributed by atoms with van der Waals surface area (Å²) in [7, 11) is 0. The molecule has 0 aliphatic heterocycles. The molecule has 0 amide bonds. The van der Waals surface area contributed by atoms with Gasteiger partial charge >= 0.3 is 0 Å². The summed E-state index contributed by atoms with van der Waals surface area (Å²) in [5.74, 6) is 0.873. The summed E-state index contributed by atoms with van der Waals surface area (Å²) in [6.07, 6.45) is 10.4. The van der Waals surface area contributed by atoms with Gasteiger partial charge in [0.25, 0.3) is 0 Å². The summed E-state index contributed by atoms with van der Waals surface area (Å²) in [5, 5.41) is 0. The van der Waals surface area contributed by atoms with Gasteiger partial charge in [-0.3, -0.25) is 0 Å². The maximum atomic E-state index is 5.61. The molecule has 4 N–H and O–H groups in total. The average molecular weight is 200 g/mol. The van der Waals surface area contributed by atoms with Crippen LogP contribution in [0.2, 0.25) is 0 Å². The van der Waals surface area contributed by atoms with Crippen molar-refractivity contribution < 1.29 is 0 Å². The Morgan fingerprint density at radius 1 is 0.786 bits per heavy atom. The Morgan fingerprint density at radius 3 is 2.07 bits per heavy atom. The number of nitrogens with two attached hydrogens (primary N) is 2. The van der Waals surface area contributed by atoms with Crippen molar-refractivity contribution in [1.29, 1.82) is 0 Å². The molecule has 0 saturated heterocycles. The Morgan fingerprint density at radius 2 is 1.50 bits per heavy atom. The van der Waals surface area contributed by atoms with Crippen LogP contribution in [0.4, 0.5) is 0 Å². The normalized spacial score (nSPS) is 13.1. The predicted molar refractivity (Wildman–Crippen MR) is 64.2 cm³/mol. The van der Waals surface area contributed by atoms with E-state index in [4.69, 9.17) is 11.5 Å². The second kappa shape index (κ2) is 11.0. The predicted octanol–water partition coefficient (Wildman–Crippen LogP) is 2.66. The zero-order chi connectivity index (χ0) is 10.6. The lowest BCUT2D eigenvalue weighted by Gasteiger charge is -2.15. The second-order valence-corrected chi connectivity index (χ2v) is 4.22. The number of hydrogen-bond donors (Lipinski definition) is 2. The van der Waals surface area contributed by atoms with E-state index in [2.05, 4.69) is 6.92 Å². The minimum absolute atomic E-state index is 0.844. The molecule has 1 atom stereocenters. The highest BCUT2D eigenvalue weighted by molar-refractivity contribution is 4.60. The number of rotatable bonds is 10. The van der Waals surface area contributed by atoms with E-state index in [9.17, 15) is 0 Å². The molecule has 2 heteroatoms. The third kappa shape index (κ3) is 8.52. The maximum absolute atomic E-state index is 5.61. The van der Waals surface area contributed by atoms with E-state index in [1.54, 1.807) is 0 Å². The molecule has 0 aromatic carbocycles. The summed E-state index contributed by atoms with van der Waals surface area (Å²) < 4.78 is 0. The first-order valence-corrected chi connectivity index (χ1v) is 6.25. The van der Waals surface area contributed by atoms with Gasteiger partial charge in [0, 0.05) is 0 Å². The first-order valence-electron chi connectivity index (χ1n) is 6.25. The second-order valence-electron chi connectivity index (χ2n) is 4.22. The molecular weight excluding hydrogens is 172 g/mol. The fourth-order valence-electron chi connectivity index (χ4n) is 1.92. The van der Waals surface area contributed by atoms with Gasteiger partial charge in [0.05, 0.1) is 0 Å². The van der Waals surface area contributed by atoms with Crippen LogP contribution in [0.25, 0.3) is 0 Å². The lowest BCUT2D eigenvalue weighted by atomic mass is 9.92. The first kappa shape index (κ1) is 13.9. The van der Waals surface area contributed by atoms with Crippen LogP contribution in [-0.2, 0) is 0 Å². The van der Waals surface area contributed by atoms with E-state index in [-0.39, 0.29) is 0 Å². The quantitative estimate of drug-likeness (QED) is 0.533. The van der Waals surface area contributed by atoms with E-state index in [1.165, 1.54) is 51.4 Å². The standard InChI is InChI=1S/C12H28N2/c1-2-3-7-12(9-11-14)8-5-4-6-10-13/h12H,2-11,13-14H2,1H3. The summed E-state index contributed by atoms with van der Waals surface area (Å²) >= 11 is 0. The van der Waals surface area contributed by atoms with Gasteiger partial charge in [0.15, 0.2) is 0 Å². The van der Waals surface area contributed by atoms with Crippen LogP contribution in [0.3, 0.4) is 0 Å². The molecule has 0 saturated carbocycles. The van der Waals surface area contributed by atoms with Crippen LogP contribution >= 0.6 is 0 Å². The SMILES string of the molecule is CCCCC(CCN)CCCCCN. The molecule has 1 unspecified atom stereocenters. The van der Waals surface area contributed by atoms with Gasteiger partial charge in [0.1, 0.15) is 0 Å². The number of unbranched alkanes of at least 4 members (excludes halogenated alkanes) is 3. The van der Waals surface area contributed by atoms with Gasteiger partial charge in [-0.15, -0.1) is 0 Å². The molecule has 0 heterocycles. The van der Waals surface area contributed by atoms with Gasteiger partial charge in [-0.1, -0.05) is 45.4 Å². The molecule has 0 aliphatic carbocycles. The molecule has 0 spiro atoms. The summed E-state index contributed by atoms with van der Waals surface area (Å²) in [5.41, 5.74) is 11.1. The molecule has 2 nitrogen and oxygen atoms in total. The molecule has 86 valence electrons. The third-order valence-electron chi connectivity index (χ3n) is 2.86. The molecular formula is C12H28N2. The van der Waals surface area contributed by atoms with E-state index >= 15 is 0 Å². The average Bonchev–Trinajstić information content (AvgIpc) is 2.20. The van der Waals surface area contributed by atoms with Crippen molar-refractivity contribution in [2.24, 2.45) is 17.4 Å². The lowest BCUT2D eigenvalue weighted by molar-refractivity contribution is 0.393. The Balaban J connectivity index is 3.40.